The van der Waals surface area contributed by atoms with Crippen LogP contribution in [-0.4, -0.2) is 16.9 Å². The average molecular weight is 213 g/mol. The van der Waals surface area contributed by atoms with Crippen molar-refractivity contribution in [2.75, 3.05) is 0 Å². The number of nitrogens with one attached hydrogen (secondary N) is 1. The lowest BCUT2D eigenvalue weighted by molar-refractivity contribution is -0.151. The van der Waals surface area contributed by atoms with Gasteiger partial charge in [0.1, 0.15) is 0 Å². The van der Waals surface area contributed by atoms with Crippen LogP contribution in [0.15, 0.2) is 35.4 Å². The zero-order valence-corrected chi connectivity index (χ0v) is 7.61. The zero-order valence-electron chi connectivity index (χ0n) is 7.61. The van der Waals surface area contributed by atoms with Gasteiger partial charge in [-0.2, -0.15) is 13.9 Å². The molecule has 1 atom stereocenters. The summed E-state index contributed by atoms with van der Waals surface area (Å²) in [6, 6.07) is 7.48. The highest BCUT2D eigenvalue weighted by Crippen LogP contribution is 2.38. The number of benzene rings is 1. The Bertz CT molecular complexity index is 407. The van der Waals surface area contributed by atoms with Gasteiger partial charge in [-0.05, 0) is 0 Å². The molecular formula is C9H9F2N3O. The number of hydrogen-bond acceptors (Lipinski definition) is 4. The maximum atomic E-state index is 13.5. The van der Waals surface area contributed by atoms with E-state index in [9.17, 15) is 13.9 Å². The number of alkyl halides is 2. The quantitative estimate of drug-likeness (QED) is 0.630. The van der Waals surface area contributed by atoms with Gasteiger partial charge in [0.05, 0.1) is 0 Å². The van der Waals surface area contributed by atoms with Crippen LogP contribution in [0.1, 0.15) is 5.56 Å². The molecule has 0 bridgehead atoms. The van der Waals surface area contributed by atoms with Crippen LogP contribution >= 0.6 is 0 Å². The molecule has 0 aliphatic carbocycles. The summed E-state index contributed by atoms with van der Waals surface area (Å²) in [4.78, 5) is 0. The molecule has 0 spiro atoms. The average Bonchev–Trinajstić information content (AvgIpc) is 2.45. The van der Waals surface area contributed by atoms with Gasteiger partial charge in [-0.3, -0.25) is 5.43 Å². The highest BCUT2D eigenvalue weighted by atomic mass is 19.3. The van der Waals surface area contributed by atoms with Gasteiger partial charge in [0, 0.05) is 5.56 Å². The van der Waals surface area contributed by atoms with Gasteiger partial charge < -0.3 is 10.8 Å². The van der Waals surface area contributed by atoms with Crippen molar-refractivity contribution in [1.82, 2.24) is 5.43 Å². The van der Waals surface area contributed by atoms with Crippen LogP contribution in [0, 0.1) is 0 Å². The van der Waals surface area contributed by atoms with Crippen LogP contribution in [0.3, 0.4) is 0 Å². The van der Waals surface area contributed by atoms with Crippen molar-refractivity contribution in [2.45, 2.75) is 11.6 Å². The minimum absolute atomic E-state index is 0.0131. The fourth-order valence-corrected chi connectivity index (χ4v) is 1.39. The van der Waals surface area contributed by atoms with Gasteiger partial charge >= 0.3 is 5.92 Å². The number of rotatable bonds is 1. The highest BCUT2D eigenvalue weighted by molar-refractivity contribution is 5.90. The number of hydrogen-bond donors (Lipinski definition) is 3. The third-order valence-electron chi connectivity index (χ3n) is 2.31. The Labute approximate surface area is 84.4 Å². The number of nitrogens with two attached hydrogens (primary N) is 1. The largest absolute Gasteiger partial charge is 0.380 e. The van der Waals surface area contributed by atoms with Crippen molar-refractivity contribution < 1.29 is 13.9 Å². The first-order valence-electron chi connectivity index (χ1n) is 4.25. The van der Waals surface area contributed by atoms with Crippen LogP contribution in [0.2, 0.25) is 0 Å². The molecule has 0 saturated heterocycles. The molecule has 1 unspecified atom stereocenters. The molecule has 4 N–H and O–H groups in total. The molecule has 1 aromatic carbocycles. The molecular weight excluding hydrogens is 204 g/mol. The second kappa shape index (κ2) is 2.90. The van der Waals surface area contributed by atoms with Gasteiger partial charge in [-0.25, -0.2) is 0 Å². The Balaban J connectivity index is 2.47. The van der Waals surface area contributed by atoms with E-state index in [0.29, 0.717) is 0 Å². The van der Waals surface area contributed by atoms with E-state index in [4.69, 9.17) is 5.73 Å². The third-order valence-corrected chi connectivity index (χ3v) is 2.31. The second-order valence-electron chi connectivity index (χ2n) is 3.26. The van der Waals surface area contributed by atoms with E-state index in [1.54, 1.807) is 18.2 Å². The summed E-state index contributed by atoms with van der Waals surface area (Å²) in [6.07, 6.45) is 0. The Morgan fingerprint density at radius 1 is 1.27 bits per heavy atom. The topological polar surface area (TPSA) is 70.6 Å². The molecule has 80 valence electrons. The van der Waals surface area contributed by atoms with E-state index in [-0.39, 0.29) is 5.56 Å². The number of hydrazone groups is 1. The summed E-state index contributed by atoms with van der Waals surface area (Å²) in [6.45, 7) is 0. The molecule has 6 heteroatoms. The van der Waals surface area contributed by atoms with Gasteiger partial charge in [0.2, 0.25) is 5.72 Å². The summed E-state index contributed by atoms with van der Waals surface area (Å²) in [5.74, 6) is -4.54. The standard InChI is InChI=1S/C9H9F2N3O/c10-8(11)7(12)13-14-9(8,15)6-4-2-1-3-5-6/h1-5,14-15H,(H2,12,13). The molecule has 1 heterocycles. The molecule has 0 aromatic heterocycles. The fourth-order valence-electron chi connectivity index (χ4n) is 1.39. The minimum atomic E-state index is -3.62. The molecule has 2 rings (SSSR count). The minimum Gasteiger partial charge on any atom is -0.380 e. The van der Waals surface area contributed by atoms with Gasteiger partial charge in [0.15, 0.2) is 5.84 Å². The Morgan fingerprint density at radius 3 is 2.33 bits per heavy atom. The lowest BCUT2D eigenvalue weighted by Gasteiger charge is -2.28. The number of halogens is 2. The Morgan fingerprint density at radius 2 is 1.87 bits per heavy atom. The van der Waals surface area contributed by atoms with Crippen molar-refractivity contribution >= 4 is 5.84 Å². The van der Waals surface area contributed by atoms with E-state index in [0.717, 1.165) is 0 Å². The van der Waals surface area contributed by atoms with Crippen LogP contribution in [0.5, 0.6) is 0 Å². The maximum Gasteiger partial charge on any atom is 0.357 e. The molecule has 1 aromatic rings. The van der Waals surface area contributed by atoms with Gasteiger partial charge in [-0.1, -0.05) is 30.3 Å². The molecule has 15 heavy (non-hydrogen) atoms. The van der Waals surface area contributed by atoms with Crippen molar-refractivity contribution in [1.29, 1.82) is 0 Å². The summed E-state index contributed by atoms with van der Waals surface area (Å²) in [5, 5.41) is 13.0. The molecule has 0 amide bonds. The Hall–Kier alpha value is -1.69. The molecule has 0 saturated carbocycles. The monoisotopic (exact) mass is 213 g/mol. The first-order valence-corrected chi connectivity index (χ1v) is 4.25. The number of nitrogens with zero attached hydrogens (tertiary/aromatic N) is 1. The number of aliphatic hydroxyl groups is 1. The lowest BCUT2D eigenvalue weighted by atomic mass is 9.97. The van der Waals surface area contributed by atoms with Crippen molar-refractivity contribution in [3.8, 4) is 0 Å². The highest BCUT2D eigenvalue weighted by Gasteiger charge is 2.61. The molecule has 0 fully saturated rings. The van der Waals surface area contributed by atoms with Gasteiger partial charge in [-0.15, -0.1) is 0 Å². The SMILES string of the molecule is NC1=NNC(O)(c2ccccc2)C1(F)F. The Kier molecular flexibility index (Phi) is 1.90. The summed E-state index contributed by atoms with van der Waals surface area (Å²) < 4.78 is 27.0. The van der Waals surface area contributed by atoms with E-state index in [2.05, 4.69) is 5.10 Å². The lowest BCUT2D eigenvalue weighted by Crippen LogP contribution is -2.54. The summed E-state index contributed by atoms with van der Waals surface area (Å²) in [7, 11) is 0. The number of amidine groups is 1. The van der Waals surface area contributed by atoms with Crippen molar-refractivity contribution in [2.24, 2.45) is 10.8 Å². The van der Waals surface area contributed by atoms with Gasteiger partial charge in [0.25, 0.3) is 0 Å². The molecule has 4 nitrogen and oxygen atoms in total. The van der Waals surface area contributed by atoms with E-state index in [1.165, 1.54) is 12.1 Å². The van der Waals surface area contributed by atoms with E-state index < -0.39 is 17.5 Å². The molecule has 1 aliphatic rings. The maximum absolute atomic E-state index is 13.5. The van der Waals surface area contributed by atoms with Crippen LogP contribution in [0.25, 0.3) is 0 Å². The third kappa shape index (κ3) is 1.18. The predicted molar refractivity (Wildman–Crippen MR) is 50.0 cm³/mol. The second-order valence-corrected chi connectivity index (χ2v) is 3.26. The van der Waals surface area contributed by atoms with Crippen LogP contribution < -0.4 is 11.2 Å². The van der Waals surface area contributed by atoms with Crippen molar-refractivity contribution in [3.63, 3.8) is 0 Å². The zero-order chi connectivity index (χ0) is 11.1. The van der Waals surface area contributed by atoms with Crippen LogP contribution in [0.4, 0.5) is 8.78 Å². The van der Waals surface area contributed by atoms with E-state index in [1.807, 2.05) is 5.43 Å². The first-order chi connectivity index (χ1) is 6.98. The predicted octanol–water partition coefficient (Wildman–Crippen LogP) is 0.342. The summed E-state index contributed by atoms with van der Waals surface area (Å²) in [5.41, 5.74) is 4.42. The summed E-state index contributed by atoms with van der Waals surface area (Å²) >= 11 is 0. The fraction of sp³-hybridized carbons (Fsp3) is 0.222. The molecule has 0 radical (unpaired) electrons. The smallest absolute Gasteiger partial charge is 0.357 e. The normalized spacial score (nSPS) is 28.3. The van der Waals surface area contributed by atoms with Crippen molar-refractivity contribution in [3.05, 3.63) is 35.9 Å². The van der Waals surface area contributed by atoms with Crippen LogP contribution in [-0.2, 0) is 5.72 Å². The molecule has 1 aliphatic heterocycles. The first kappa shape index (κ1) is 9.85. The van der Waals surface area contributed by atoms with E-state index >= 15 is 0 Å².